The lowest BCUT2D eigenvalue weighted by atomic mass is 9.98. The van der Waals surface area contributed by atoms with Crippen molar-refractivity contribution in [3.05, 3.63) is 59.7 Å². The summed E-state index contributed by atoms with van der Waals surface area (Å²) in [5.74, 6) is -1.72. The number of alkyl carbamates (subject to hydrolysis) is 1. The highest BCUT2D eigenvalue weighted by atomic mass is 16.5. The van der Waals surface area contributed by atoms with Crippen molar-refractivity contribution in [2.75, 3.05) is 13.2 Å². The number of benzene rings is 2. The second-order valence-electron chi connectivity index (χ2n) is 8.80. The molecule has 1 aliphatic rings. The van der Waals surface area contributed by atoms with Crippen LogP contribution in [0.25, 0.3) is 11.1 Å². The largest absolute Gasteiger partial charge is 0.481 e. The summed E-state index contributed by atoms with van der Waals surface area (Å²) in [6, 6.07) is 14.8. The van der Waals surface area contributed by atoms with Gasteiger partial charge in [0.15, 0.2) is 0 Å². The number of carbonyl (C=O) groups is 3. The fourth-order valence-electron chi connectivity index (χ4n) is 4.08. The summed E-state index contributed by atoms with van der Waals surface area (Å²) in [6.45, 7) is 3.45. The Morgan fingerprint density at radius 2 is 1.61 bits per heavy atom. The third kappa shape index (κ3) is 6.10. The zero-order valence-electron chi connectivity index (χ0n) is 18.8. The summed E-state index contributed by atoms with van der Waals surface area (Å²) >= 11 is 0. The molecule has 33 heavy (non-hydrogen) atoms. The number of hydrogen-bond donors (Lipinski definition) is 4. The highest BCUT2D eigenvalue weighted by Crippen LogP contribution is 2.44. The first-order valence-corrected chi connectivity index (χ1v) is 11.0. The molecule has 3 rings (SSSR count). The van der Waals surface area contributed by atoms with Gasteiger partial charge in [0.2, 0.25) is 5.91 Å². The topological polar surface area (TPSA) is 125 Å². The quantitative estimate of drug-likeness (QED) is 0.437. The number of carbonyl (C=O) groups excluding carboxylic acids is 2. The maximum absolute atomic E-state index is 12.7. The van der Waals surface area contributed by atoms with Crippen LogP contribution in [0.2, 0.25) is 0 Å². The van der Waals surface area contributed by atoms with Crippen molar-refractivity contribution in [1.82, 2.24) is 10.6 Å². The van der Waals surface area contributed by atoms with Crippen molar-refractivity contribution in [2.24, 2.45) is 0 Å². The molecule has 1 unspecified atom stereocenters. The first kappa shape index (κ1) is 24.3. The molecule has 1 atom stereocenters. The molecule has 0 spiro atoms. The van der Waals surface area contributed by atoms with Crippen molar-refractivity contribution in [3.8, 4) is 11.1 Å². The number of amides is 2. The highest BCUT2D eigenvalue weighted by molar-refractivity contribution is 5.86. The number of aliphatic hydroxyl groups is 1. The van der Waals surface area contributed by atoms with Gasteiger partial charge in [0.1, 0.15) is 12.6 Å². The molecule has 1 aliphatic carbocycles. The molecule has 0 saturated heterocycles. The molecule has 0 radical (unpaired) electrons. The van der Waals surface area contributed by atoms with Gasteiger partial charge in [-0.25, -0.2) is 4.79 Å². The monoisotopic (exact) mass is 454 g/mol. The van der Waals surface area contributed by atoms with Crippen LogP contribution in [0.1, 0.15) is 50.2 Å². The second kappa shape index (κ2) is 10.5. The minimum absolute atomic E-state index is 0.0828. The third-order valence-corrected chi connectivity index (χ3v) is 5.80. The third-order valence-electron chi connectivity index (χ3n) is 5.80. The van der Waals surface area contributed by atoms with Gasteiger partial charge in [-0.05, 0) is 48.9 Å². The molecule has 0 aliphatic heterocycles. The number of nitrogens with one attached hydrogen (secondary N) is 2. The van der Waals surface area contributed by atoms with E-state index in [1.807, 2.05) is 48.5 Å². The Bertz CT molecular complexity index is 974. The van der Waals surface area contributed by atoms with Crippen LogP contribution in [0, 0.1) is 0 Å². The molecule has 2 aromatic carbocycles. The average molecular weight is 455 g/mol. The maximum Gasteiger partial charge on any atom is 0.407 e. The Balaban J connectivity index is 1.67. The van der Waals surface area contributed by atoms with Crippen LogP contribution in [0.4, 0.5) is 4.79 Å². The van der Waals surface area contributed by atoms with Crippen molar-refractivity contribution < 1.29 is 29.3 Å². The molecule has 176 valence electrons. The summed E-state index contributed by atoms with van der Waals surface area (Å²) in [6.07, 6.45) is -0.847. The molecular formula is C25H30N2O6. The lowest BCUT2D eigenvalue weighted by Crippen LogP contribution is -2.53. The van der Waals surface area contributed by atoms with E-state index in [2.05, 4.69) is 10.6 Å². The normalized spacial score (nSPS) is 13.5. The summed E-state index contributed by atoms with van der Waals surface area (Å²) < 4.78 is 5.49. The van der Waals surface area contributed by atoms with Gasteiger partial charge >= 0.3 is 12.1 Å². The number of carboxylic acids is 1. The van der Waals surface area contributed by atoms with Crippen LogP contribution in [-0.2, 0) is 14.3 Å². The standard InChI is InChI=1S/C25H30N2O6/c1-25(2,13-14-28)27-23(31)21(11-12-22(29)30)26-24(32)33-15-20-18-9-5-3-7-16(18)17-8-4-6-10-19(17)20/h3-10,20-21,28H,11-15H2,1-2H3,(H,26,32)(H,27,31)(H,29,30). The Morgan fingerprint density at radius 3 is 2.15 bits per heavy atom. The van der Waals surface area contributed by atoms with Crippen LogP contribution in [-0.4, -0.2) is 53.0 Å². The van der Waals surface area contributed by atoms with Gasteiger partial charge in [0.05, 0.1) is 0 Å². The van der Waals surface area contributed by atoms with Gasteiger partial charge in [-0.3, -0.25) is 9.59 Å². The lowest BCUT2D eigenvalue weighted by Gasteiger charge is -2.28. The van der Waals surface area contributed by atoms with E-state index in [-0.39, 0.29) is 32.0 Å². The van der Waals surface area contributed by atoms with Crippen LogP contribution in [0.5, 0.6) is 0 Å². The van der Waals surface area contributed by atoms with Crippen molar-refractivity contribution >= 4 is 18.0 Å². The average Bonchev–Trinajstić information content (AvgIpc) is 3.08. The van der Waals surface area contributed by atoms with E-state index in [9.17, 15) is 14.4 Å². The van der Waals surface area contributed by atoms with Gasteiger partial charge in [-0.1, -0.05) is 48.5 Å². The number of carboxylic acid groups (broad SMARTS) is 1. The van der Waals surface area contributed by atoms with E-state index in [0.29, 0.717) is 6.42 Å². The first-order chi connectivity index (χ1) is 15.7. The van der Waals surface area contributed by atoms with E-state index in [4.69, 9.17) is 14.9 Å². The van der Waals surface area contributed by atoms with Gasteiger partial charge in [0.25, 0.3) is 0 Å². The van der Waals surface area contributed by atoms with Crippen molar-refractivity contribution in [3.63, 3.8) is 0 Å². The van der Waals surface area contributed by atoms with Crippen LogP contribution < -0.4 is 10.6 Å². The number of aliphatic carboxylic acids is 1. The predicted octanol–water partition coefficient (Wildman–Crippen LogP) is 3.04. The van der Waals surface area contributed by atoms with Gasteiger partial charge in [0, 0.05) is 24.5 Å². The number of aliphatic hydroxyl groups excluding tert-OH is 1. The van der Waals surface area contributed by atoms with Gasteiger partial charge in [-0.15, -0.1) is 0 Å². The van der Waals surface area contributed by atoms with Crippen LogP contribution in [0.3, 0.4) is 0 Å². The molecule has 0 bridgehead atoms. The fraction of sp³-hybridized carbons (Fsp3) is 0.400. The summed E-state index contributed by atoms with van der Waals surface area (Å²) in [4.78, 5) is 36.3. The summed E-state index contributed by atoms with van der Waals surface area (Å²) in [5, 5.41) is 23.4. The van der Waals surface area contributed by atoms with E-state index in [1.165, 1.54) is 0 Å². The Labute approximate surface area is 193 Å². The molecule has 8 heteroatoms. The predicted molar refractivity (Wildman–Crippen MR) is 123 cm³/mol. The fourth-order valence-corrected chi connectivity index (χ4v) is 4.08. The minimum Gasteiger partial charge on any atom is -0.481 e. The highest BCUT2D eigenvalue weighted by Gasteiger charge is 2.31. The molecule has 0 saturated carbocycles. The van der Waals surface area contributed by atoms with E-state index in [0.717, 1.165) is 22.3 Å². The molecular weight excluding hydrogens is 424 g/mol. The number of rotatable bonds is 10. The molecule has 0 aromatic heterocycles. The smallest absolute Gasteiger partial charge is 0.407 e. The summed E-state index contributed by atoms with van der Waals surface area (Å²) in [5.41, 5.74) is 3.63. The van der Waals surface area contributed by atoms with Crippen LogP contribution in [0.15, 0.2) is 48.5 Å². The number of fused-ring (bicyclic) bond motifs is 3. The molecule has 4 N–H and O–H groups in total. The van der Waals surface area contributed by atoms with Gasteiger partial charge < -0.3 is 25.6 Å². The maximum atomic E-state index is 12.7. The molecule has 8 nitrogen and oxygen atoms in total. The second-order valence-corrected chi connectivity index (χ2v) is 8.80. The number of ether oxygens (including phenoxy) is 1. The molecule has 2 amide bonds. The molecule has 0 heterocycles. The van der Waals surface area contributed by atoms with E-state index in [1.54, 1.807) is 13.8 Å². The molecule has 2 aromatic rings. The van der Waals surface area contributed by atoms with Crippen molar-refractivity contribution in [1.29, 1.82) is 0 Å². The lowest BCUT2D eigenvalue weighted by molar-refractivity contribution is -0.137. The Morgan fingerprint density at radius 1 is 1.03 bits per heavy atom. The Kier molecular flexibility index (Phi) is 7.71. The van der Waals surface area contributed by atoms with Gasteiger partial charge in [-0.2, -0.15) is 0 Å². The zero-order valence-corrected chi connectivity index (χ0v) is 18.8. The Hall–Kier alpha value is -3.39. The molecule has 0 fully saturated rings. The zero-order chi connectivity index (χ0) is 24.0. The van der Waals surface area contributed by atoms with Crippen molar-refractivity contribution in [2.45, 2.75) is 50.6 Å². The number of hydrogen-bond acceptors (Lipinski definition) is 5. The van der Waals surface area contributed by atoms with E-state index >= 15 is 0 Å². The SMILES string of the molecule is CC(C)(CCO)NC(=O)C(CCC(=O)O)NC(=O)OCC1c2ccccc2-c2ccccc21. The first-order valence-electron chi connectivity index (χ1n) is 11.0. The van der Waals surface area contributed by atoms with Crippen LogP contribution >= 0.6 is 0 Å². The summed E-state index contributed by atoms with van der Waals surface area (Å²) in [7, 11) is 0. The van der Waals surface area contributed by atoms with E-state index < -0.39 is 29.6 Å². The minimum atomic E-state index is -1.07.